The van der Waals surface area contributed by atoms with E-state index in [9.17, 15) is 0 Å². The maximum Gasteiger partial charge on any atom is 0.119 e. The third-order valence-electron chi connectivity index (χ3n) is 3.33. The van der Waals surface area contributed by atoms with Crippen molar-refractivity contribution in [3.63, 3.8) is 0 Å². The van der Waals surface area contributed by atoms with Crippen LogP contribution in [0.3, 0.4) is 0 Å². The molecule has 19 heavy (non-hydrogen) atoms. The third-order valence-corrected chi connectivity index (χ3v) is 3.33. The highest BCUT2D eigenvalue weighted by Gasteiger charge is 2.23. The van der Waals surface area contributed by atoms with Crippen LogP contribution < -0.4 is 10.1 Å². The van der Waals surface area contributed by atoms with Gasteiger partial charge in [-0.2, -0.15) is 0 Å². The molecule has 1 fully saturated rings. The largest absolute Gasteiger partial charge is 0.490 e. The summed E-state index contributed by atoms with van der Waals surface area (Å²) in [6.07, 6.45) is 6.34. The van der Waals surface area contributed by atoms with E-state index in [4.69, 9.17) is 9.15 Å². The molecule has 3 heteroatoms. The molecular weight excluding hydrogens is 238 g/mol. The molecule has 0 bridgehead atoms. The van der Waals surface area contributed by atoms with E-state index in [0.29, 0.717) is 6.10 Å². The summed E-state index contributed by atoms with van der Waals surface area (Å²) in [5.41, 5.74) is 2.38. The Morgan fingerprint density at radius 2 is 2.00 bits per heavy atom. The van der Waals surface area contributed by atoms with Crippen LogP contribution in [-0.4, -0.2) is 12.6 Å². The lowest BCUT2D eigenvalue weighted by Gasteiger charge is -2.17. The summed E-state index contributed by atoms with van der Waals surface area (Å²) in [5.74, 6) is 0.966. The van der Waals surface area contributed by atoms with Crippen LogP contribution in [0.4, 0.5) is 0 Å². The molecule has 2 aromatic rings. The predicted octanol–water partition coefficient (Wildman–Crippen LogP) is 3.52. The summed E-state index contributed by atoms with van der Waals surface area (Å²) in [4.78, 5) is 0. The van der Waals surface area contributed by atoms with Crippen molar-refractivity contribution in [2.75, 3.05) is 6.54 Å². The molecule has 1 unspecified atom stereocenters. The monoisotopic (exact) mass is 257 g/mol. The molecule has 3 nitrogen and oxygen atoms in total. The highest BCUT2D eigenvalue weighted by molar-refractivity contribution is 5.34. The highest BCUT2D eigenvalue weighted by atomic mass is 16.5. The molecule has 1 N–H and O–H groups in total. The van der Waals surface area contributed by atoms with E-state index in [1.165, 1.54) is 18.4 Å². The zero-order valence-electron chi connectivity index (χ0n) is 11.1. The lowest BCUT2D eigenvalue weighted by molar-refractivity contribution is 0.303. The Labute approximate surface area is 113 Å². The average Bonchev–Trinajstić information content (AvgIpc) is 3.08. The lowest BCUT2D eigenvalue weighted by Crippen LogP contribution is -2.21. The highest BCUT2D eigenvalue weighted by Crippen LogP contribution is 2.29. The van der Waals surface area contributed by atoms with Gasteiger partial charge in [-0.1, -0.05) is 19.1 Å². The Morgan fingerprint density at radius 1 is 1.21 bits per heavy atom. The van der Waals surface area contributed by atoms with Crippen molar-refractivity contribution in [3.8, 4) is 5.75 Å². The van der Waals surface area contributed by atoms with Gasteiger partial charge in [0.15, 0.2) is 0 Å². The Morgan fingerprint density at radius 3 is 2.58 bits per heavy atom. The quantitative estimate of drug-likeness (QED) is 0.859. The minimum atomic E-state index is 0.179. The minimum Gasteiger partial charge on any atom is -0.490 e. The first-order valence-corrected chi connectivity index (χ1v) is 6.89. The number of hydrogen-bond donors (Lipinski definition) is 1. The summed E-state index contributed by atoms with van der Waals surface area (Å²) in [7, 11) is 0. The maximum atomic E-state index is 5.77. The summed E-state index contributed by atoms with van der Waals surface area (Å²) in [5, 5.41) is 3.47. The number of rotatable bonds is 6. The Bertz CT molecular complexity index is 500. The predicted molar refractivity (Wildman–Crippen MR) is 74.3 cm³/mol. The van der Waals surface area contributed by atoms with Gasteiger partial charge in [0.05, 0.1) is 24.7 Å². The molecular formula is C16H19NO2. The van der Waals surface area contributed by atoms with E-state index >= 15 is 0 Å². The van der Waals surface area contributed by atoms with E-state index in [0.717, 1.165) is 17.9 Å². The SMILES string of the molecule is CCNC(c1ccc(OC2CC2)cc1)c1ccoc1. The van der Waals surface area contributed by atoms with E-state index in [-0.39, 0.29) is 6.04 Å². The topological polar surface area (TPSA) is 34.4 Å². The van der Waals surface area contributed by atoms with Crippen molar-refractivity contribution in [3.05, 3.63) is 54.0 Å². The van der Waals surface area contributed by atoms with E-state index in [1.807, 2.05) is 6.07 Å². The van der Waals surface area contributed by atoms with Crippen LogP contribution in [0.1, 0.15) is 36.9 Å². The van der Waals surface area contributed by atoms with Crippen LogP contribution in [0.15, 0.2) is 47.3 Å². The van der Waals surface area contributed by atoms with Crippen LogP contribution in [0.2, 0.25) is 0 Å². The molecule has 1 aromatic carbocycles. The Kier molecular flexibility index (Phi) is 3.56. The Balaban J connectivity index is 1.77. The molecule has 0 radical (unpaired) electrons. The zero-order chi connectivity index (χ0) is 13.1. The molecule has 1 aliphatic carbocycles. The number of furan rings is 1. The minimum absolute atomic E-state index is 0.179. The van der Waals surface area contributed by atoms with E-state index in [1.54, 1.807) is 12.5 Å². The fourth-order valence-electron chi connectivity index (χ4n) is 2.19. The van der Waals surface area contributed by atoms with Crippen LogP contribution in [0.25, 0.3) is 0 Å². The van der Waals surface area contributed by atoms with Crippen LogP contribution in [0, 0.1) is 0 Å². The molecule has 3 rings (SSSR count). The number of ether oxygens (including phenoxy) is 1. The summed E-state index contributed by atoms with van der Waals surface area (Å²) < 4.78 is 11.0. The molecule has 1 atom stereocenters. The molecule has 1 aliphatic rings. The number of hydrogen-bond acceptors (Lipinski definition) is 3. The van der Waals surface area contributed by atoms with E-state index < -0.39 is 0 Å². The van der Waals surface area contributed by atoms with Gasteiger partial charge in [0, 0.05) is 5.56 Å². The van der Waals surface area contributed by atoms with Gasteiger partial charge in [-0.3, -0.25) is 0 Å². The van der Waals surface area contributed by atoms with Gasteiger partial charge in [0.2, 0.25) is 0 Å². The van der Waals surface area contributed by atoms with Gasteiger partial charge in [-0.25, -0.2) is 0 Å². The van der Waals surface area contributed by atoms with Crippen LogP contribution in [-0.2, 0) is 0 Å². The molecule has 0 spiro atoms. The molecule has 0 amide bonds. The van der Waals surface area contributed by atoms with Gasteiger partial charge < -0.3 is 14.5 Å². The third kappa shape index (κ3) is 2.99. The van der Waals surface area contributed by atoms with Gasteiger partial charge in [-0.15, -0.1) is 0 Å². The maximum absolute atomic E-state index is 5.77. The van der Waals surface area contributed by atoms with Crippen molar-refractivity contribution in [2.45, 2.75) is 31.9 Å². The fraction of sp³-hybridized carbons (Fsp3) is 0.375. The zero-order valence-corrected chi connectivity index (χ0v) is 11.1. The van der Waals surface area contributed by atoms with Crippen molar-refractivity contribution in [1.82, 2.24) is 5.32 Å². The second-order valence-electron chi connectivity index (χ2n) is 4.93. The molecule has 0 saturated heterocycles. The molecule has 1 heterocycles. The molecule has 0 aliphatic heterocycles. The number of benzene rings is 1. The van der Waals surface area contributed by atoms with Crippen molar-refractivity contribution in [2.24, 2.45) is 0 Å². The first-order chi connectivity index (χ1) is 9.36. The lowest BCUT2D eigenvalue weighted by atomic mass is 10.0. The summed E-state index contributed by atoms with van der Waals surface area (Å²) in [6, 6.07) is 10.5. The van der Waals surface area contributed by atoms with Crippen molar-refractivity contribution in [1.29, 1.82) is 0 Å². The first kappa shape index (κ1) is 12.3. The van der Waals surface area contributed by atoms with Gasteiger partial charge in [0.1, 0.15) is 5.75 Å². The first-order valence-electron chi connectivity index (χ1n) is 6.89. The van der Waals surface area contributed by atoms with Gasteiger partial charge in [-0.05, 0) is 43.1 Å². The smallest absolute Gasteiger partial charge is 0.119 e. The average molecular weight is 257 g/mol. The Hall–Kier alpha value is -1.74. The fourth-order valence-corrected chi connectivity index (χ4v) is 2.19. The summed E-state index contributed by atoms with van der Waals surface area (Å²) in [6.45, 7) is 3.02. The normalized spacial score (nSPS) is 16.3. The summed E-state index contributed by atoms with van der Waals surface area (Å²) >= 11 is 0. The van der Waals surface area contributed by atoms with Crippen LogP contribution in [0.5, 0.6) is 5.75 Å². The standard InChI is InChI=1S/C16H19NO2/c1-2-17-16(13-9-10-18-11-13)12-3-5-14(6-4-12)19-15-7-8-15/h3-6,9-11,15-17H,2,7-8H2,1H3. The van der Waals surface area contributed by atoms with Crippen LogP contribution >= 0.6 is 0 Å². The molecule has 1 saturated carbocycles. The van der Waals surface area contributed by atoms with E-state index in [2.05, 4.69) is 36.5 Å². The molecule has 1 aromatic heterocycles. The van der Waals surface area contributed by atoms with Crippen molar-refractivity contribution < 1.29 is 9.15 Å². The second-order valence-corrected chi connectivity index (χ2v) is 4.93. The second kappa shape index (κ2) is 5.49. The molecule has 100 valence electrons. The van der Waals surface area contributed by atoms with Gasteiger partial charge >= 0.3 is 0 Å². The number of nitrogens with one attached hydrogen (secondary N) is 1. The van der Waals surface area contributed by atoms with Gasteiger partial charge in [0.25, 0.3) is 0 Å². The van der Waals surface area contributed by atoms with Crippen molar-refractivity contribution >= 4 is 0 Å².